The summed E-state index contributed by atoms with van der Waals surface area (Å²) >= 11 is 0. The van der Waals surface area contributed by atoms with Crippen LogP contribution in [0.5, 0.6) is 0 Å². The van der Waals surface area contributed by atoms with Gasteiger partial charge in [0.2, 0.25) is 11.8 Å². The van der Waals surface area contributed by atoms with Crippen LogP contribution in [0.4, 0.5) is 0 Å². The number of hydrogen-bond donors (Lipinski definition) is 2. The van der Waals surface area contributed by atoms with E-state index in [1.165, 1.54) is 0 Å². The summed E-state index contributed by atoms with van der Waals surface area (Å²) in [5, 5.41) is 6.02. The van der Waals surface area contributed by atoms with Gasteiger partial charge in [0.1, 0.15) is 6.04 Å². The number of rotatable bonds is 32. The molecular formula is C25H49N5O10. The fourth-order valence-corrected chi connectivity index (χ4v) is 2.98. The van der Waals surface area contributed by atoms with Gasteiger partial charge in [0.15, 0.2) is 0 Å². The van der Waals surface area contributed by atoms with E-state index in [-0.39, 0.29) is 18.9 Å². The third kappa shape index (κ3) is 28.9. The van der Waals surface area contributed by atoms with Crippen molar-refractivity contribution in [1.29, 1.82) is 0 Å². The molecule has 0 aliphatic heterocycles. The number of nitrogens with one attached hydrogen (secondary N) is 1. The van der Waals surface area contributed by atoms with Crippen LogP contribution in [0.3, 0.4) is 0 Å². The molecular weight excluding hydrogens is 530 g/mol. The topological polar surface area (TPSA) is 195 Å². The molecule has 0 aliphatic rings. The number of ether oxygens (including phenoxy) is 8. The van der Waals surface area contributed by atoms with Gasteiger partial charge < -0.3 is 48.9 Å². The van der Waals surface area contributed by atoms with Gasteiger partial charge in [-0.15, -0.1) is 0 Å². The van der Waals surface area contributed by atoms with E-state index >= 15 is 0 Å². The summed E-state index contributed by atoms with van der Waals surface area (Å²) in [6, 6.07) is -0.751. The highest BCUT2D eigenvalue weighted by Crippen LogP contribution is 2.02. The van der Waals surface area contributed by atoms with Crippen LogP contribution in [0, 0.1) is 0 Å². The molecule has 0 aromatic rings. The number of azide groups is 1. The largest absolute Gasteiger partial charge is 0.379 e. The summed E-state index contributed by atoms with van der Waals surface area (Å²) in [5.74, 6) is -0.917. The molecule has 0 bridgehead atoms. The molecule has 0 fully saturated rings. The SMILES string of the molecule is CCOCCOCCOCCOCCOCCOCCOCCOCCC(=O)N[C@@H](CCCCN=[N+]=[N-])C(N)=O. The lowest BCUT2D eigenvalue weighted by Crippen LogP contribution is -2.44. The molecule has 0 saturated carbocycles. The summed E-state index contributed by atoms with van der Waals surface area (Å²) in [5.41, 5.74) is 13.6. The summed E-state index contributed by atoms with van der Waals surface area (Å²) in [6.45, 7) is 9.93. The summed E-state index contributed by atoms with van der Waals surface area (Å²) in [7, 11) is 0. The number of primary amides is 1. The van der Waals surface area contributed by atoms with Gasteiger partial charge in [0.25, 0.3) is 0 Å². The highest BCUT2D eigenvalue weighted by Gasteiger charge is 2.17. The molecule has 0 aromatic carbocycles. The van der Waals surface area contributed by atoms with Crippen molar-refractivity contribution in [1.82, 2.24) is 5.32 Å². The van der Waals surface area contributed by atoms with Gasteiger partial charge in [-0.1, -0.05) is 11.5 Å². The number of unbranched alkanes of at least 4 members (excludes halogenated alkanes) is 1. The molecule has 0 unspecified atom stereocenters. The first-order chi connectivity index (χ1) is 19.6. The minimum Gasteiger partial charge on any atom is -0.379 e. The normalized spacial score (nSPS) is 11.7. The number of carbonyl (C=O) groups is 2. The van der Waals surface area contributed by atoms with Crippen LogP contribution in [0.25, 0.3) is 10.4 Å². The molecule has 0 spiro atoms. The predicted octanol–water partition coefficient (Wildman–Crippen LogP) is 0.980. The first-order valence-electron chi connectivity index (χ1n) is 13.8. The molecule has 3 N–H and O–H groups in total. The van der Waals surface area contributed by atoms with Gasteiger partial charge in [0.05, 0.1) is 99.1 Å². The van der Waals surface area contributed by atoms with E-state index in [9.17, 15) is 9.59 Å². The lowest BCUT2D eigenvalue weighted by molar-refractivity contribution is -0.128. The third-order valence-corrected chi connectivity index (χ3v) is 5.02. The monoisotopic (exact) mass is 579 g/mol. The van der Waals surface area contributed by atoms with Crippen LogP contribution in [0.1, 0.15) is 32.6 Å². The number of amides is 2. The van der Waals surface area contributed by atoms with Crippen LogP contribution in [0.2, 0.25) is 0 Å². The van der Waals surface area contributed by atoms with Gasteiger partial charge in [-0.2, -0.15) is 0 Å². The predicted molar refractivity (Wildman–Crippen MR) is 146 cm³/mol. The second-order valence-corrected chi connectivity index (χ2v) is 8.21. The second kappa shape index (κ2) is 31.5. The van der Waals surface area contributed by atoms with E-state index in [0.29, 0.717) is 125 Å². The third-order valence-electron chi connectivity index (χ3n) is 5.02. The van der Waals surface area contributed by atoms with Crippen molar-refractivity contribution in [2.45, 2.75) is 38.6 Å². The lowest BCUT2D eigenvalue weighted by atomic mass is 10.1. The Bertz CT molecular complexity index is 641. The average Bonchev–Trinajstić information content (AvgIpc) is 2.94. The maximum atomic E-state index is 12.0. The van der Waals surface area contributed by atoms with Gasteiger partial charge >= 0.3 is 0 Å². The van der Waals surface area contributed by atoms with Crippen LogP contribution in [-0.4, -0.2) is 130 Å². The summed E-state index contributed by atoms with van der Waals surface area (Å²) in [6.07, 6.45) is 1.72. The first kappa shape index (κ1) is 37.9. The van der Waals surface area contributed by atoms with E-state index in [0.717, 1.165) is 0 Å². The Kier molecular flexibility index (Phi) is 29.8. The van der Waals surface area contributed by atoms with Gasteiger partial charge in [-0.05, 0) is 25.3 Å². The Morgan fingerprint density at radius 2 is 1.10 bits per heavy atom. The van der Waals surface area contributed by atoms with Crippen molar-refractivity contribution < 1.29 is 47.5 Å². The summed E-state index contributed by atoms with van der Waals surface area (Å²) in [4.78, 5) is 26.1. The van der Waals surface area contributed by atoms with Gasteiger partial charge in [0, 0.05) is 24.5 Å². The maximum absolute atomic E-state index is 12.0. The van der Waals surface area contributed by atoms with Crippen LogP contribution >= 0.6 is 0 Å². The van der Waals surface area contributed by atoms with Crippen molar-refractivity contribution in [2.75, 3.05) is 112 Å². The summed E-state index contributed by atoms with van der Waals surface area (Å²) < 4.78 is 43.0. The highest BCUT2D eigenvalue weighted by molar-refractivity contribution is 5.86. The number of nitrogens with zero attached hydrogens (tertiary/aromatic N) is 3. The van der Waals surface area contributed by atoms with E-state index in [4.69, 9.17) is 49.2 Å². The number of nitrogens with two attached hydrogens (primary N) is 1. The van der Waals surface area contributed by atoms with Crippen molar-refractivity contribution in [3.05, 3.63) is 10.4 Å². The molecule has 0 saturated heterocycles. The molecule has 0 aliphatic carbocycles. The van der Waals surface area contributed by atoms with E-state index in [1.807, 2.05) is 6.92 Å². The fourth-order valence-electron chi connectivity index (χ4n) is 2.98. The highest BCUT2D eigenvalue weighted by atomic mass is 16.6. The minimum absolute atomic E-state index is 0.107. The molecule has 2 amide bonds. The molecule has 40 heavy (non-hydrogen) atoms. The molecule has 0 heterocycles. The Balaban J connectivity index is 3.34. The Morgan fingerprint density at radius 1 is 0.700 bits per heavy atom. The maximum Gasteiger partial charge on any atom is 0.239 e. The smallest absolute Gasteiger partial charge is 0.239 e. The number of hydrogen-bond acceptors (Lipinski definition) is 11. The molecule has 0 radical (unpaired) electrons. The van der Waals surface area contributed by atoms with Crippen LogP contribution in [-0.2, 0) is 47.5 Å². The molecule has 0 aromatic heterocycles. The van der Waals surface area contributed by atoms with E-state index < -0.39 is 11.9 Å². The molecule has 15 heteroatoms. The zero-order valence-corrected chi connectivity index (χ0v) is 23.9. The molecule has 15 nitrogen and oxygen atoms in total. The van der Waals surface area contributed by atoms with Crippen molar-refractivity contribution in [3.63, 3.8) is 0 Å². The number of carbonyl (C=O) groups excluding carboxylic acids is 2. The van der Waals surface area contributed by atoms with E-state index in [2.05, 4.69) is 15.3 Å². The standard InChI is InChI=1S/C25H49N5O10/c1-2-33-9-10-35-13-14-37-17-18-39-21-22-40-20-19-38-16-15-36-12-11-34-8-6-24(31)29-23(25(26)32)5-3-4-7-28-30-27/h23H,2-22H2,1H3,(H2,26,32)(H,29,31)/t23-/m0/s1. The Morgan fingerprint density at radius 3 is 1.48 bits per heavy atom. The van der Waals surface area contributed by atoms with Gasteiger partial charge in [-0.3, -0.25) is 9.59 Å². The molecule has 0 rings (SSSR count). The van der Waals surface area contributed by atoms with Crippen LogP contribution < -0.4 is 11.1 Å². The molecule has 1 atom stereocenters. The Hall–Kier alpha value is -2.07. The Labute approximate surface area is 237 Å². The lowest BCUT2D eigenvalue weighted by Gasteiger charge is -2.15. The average molecular weight is 580 g/mol. The van der Waals surface area contributed by atoms with Crippen molar-refractivity contribution >= 4 is 11.8 Å². The van der Waals surface area contributed by atoms with Crippen LogP contribution in [0.15, 0.2) is 5.11 Å². The second-order valence-electron chi connectivity index (χ2n) is 8.21. The van der Waals surface area contributed by atoms with E-state index in [1.54, 1.807) is 0 Å². The minimum atomic E-state index is -0.751. The fraction of sp³-hybridized carbons (Fsp3) is 0.920. The zero-order valence-electron chi connectivity index (χ0n) is 23.9. The quantitative estimate of drug-likeness (QED) is 0.0502. The first-order valence-corrected chi connectivity index (χ1v) is 13.8. The zero-order chi connectivity index (χ0) is 29.4. The van der Waals surface area contributed by atoms with Crippen molar-refractivity contribution in [2.24, 2.45) is 10.8 Å². The van der Waals surface area contributed by atoms with Crippen molar-refractivity contribution in [3.8, 4) is 0 Å². The molecule has 234 valence electrons. The van der Waals surface area contributed by atoms with Gasteiger partial charge in [-0.25, -0.2) is 0 Å².